The lowest BCUT2D eigenvalue weighted by Crippen LogP contribution is -2.46. The second-order valence-electron chi connectivity index (χ2n) is 11.1. The normalized spacial score (nSPS) is 14.5. The summed E-state index contributed by atoms with van der Waals surface area (Å²) in [5, 5.41) is 26.4. The highest BCUT2D eigenvalue weighted by Crippen LogP contribution is 2.31. The molecule has 4 N–H and O–H groups in total. The van der Waals surface area contributed by atoms with Crippen LogP contribution in [0, 0.1) is 5.92 Å². The average Bonchev–Trinajstić information content (AvgIpc) is 3.28. The molecule has 0 radical (unpaired) electrons. The fourth-order valence-electron chi connectivity index (χ4n) is 5.41. The number of carbonyl (C=O) groups is 1. The Kier molecular flexibility index (Phi) is 9.14. The maximum Gasteiger partial charge on any atom is 0.303 e. The lowest BCUT2D eigenvalue weighted by Gasteiger charge is -2.30. The number of benzene rings is 3. The first-order valence-corrected chi connectivity index (χ1v) is 13.4. The van der Waals surface area contributed by atoms with Gasteiger partial charge in [0.05, 0.1) is 6.10 Å². The molecule has 0 aliphatic heterocycles. The Labute approximate surface area is 220 Å². The predicted octanol–water partition coefficient (Wildman–Crippen LogP) is 4.99. The van der Waals surface area contributed by atoms with Gasteiger partial charge in [0.15, 0.2) is 0 Å². The van der Waals surface area contributed by atoms with Crippen molar-refractivity contribution in [3.05, 3.63) is 95.1 Å². The molecule has 0 bridgehead atoms. The van der Waals surface area contributed by atoms with E-state index in [0.29, 0.717) is 32.0 Å². The van der Waals surface area contributed by atoms with Crippen LogP contribution in [0.1, 0.15) is 48.9 Å². The summed E-state index contributed by atoms with van der Waals surface area (Å²) < 4.78 is 0. The molecule has 196 valence electrons. The summed E-state index contributed by atoms with van der Waals surface area (Å²) >= 11 is 0. The van der Waals surface area contributed by atoms with E-state index in [0.717, 1.165) is 41.5 Å². The van der Waals surface area contributed by atoms with Crippen LogP contribution >= 0.6 is 0 Å². The highest BCUT2D eigenvalue weighted by Gasteiger charge is 2.28. The van der Waals surface area contributed by atoms with Crippen LogP contribution in [0.4, 0.5) is 0 Å². The fraction of sp³-hybridized carbons (Fsp3) is 0.406. The molecule has 3 aromatic rings. The van der Waals surface area contributed by atoms with Crippen LogP contribution in [0.25, 0.3) is 11.1 Å². The molecule has 37 heavy (non-hydrogen) atoms. The van der Waals surface area contributed by atoms with E-state index in [9.17, 15) is 9.90 Å². The minimum absolute atomic E-state index is 0.0226. The molecule has 5 nitrogen and oxygen atoms in total. The average molecular weight is 501 g/mol. The zero-order chi connectivity index (χ0) is 26.3. The van der Waals surface area contributed by atoms with Gasteiger partial charge >= 0.3 is 5.97 Å². The minimum atomic E-state index is -0.774. The molecule has 0 aromatic heterocycles. The fourth-order valence-corrected chi connectivity index (χ4v) is 5.41. The molecule has 1 aliphatic carbocycles. The topological polar surface area (TPSA) is 81.6 Å². The third kappa shape index (κ3) is 8.26. The van der Waals surface area contributed by atoms with Crippen LogP contribution in [-0.2, 0) is 30.6 Å². The number of hydrogen-bond donors (Lipinski definition) is 4. The minimum Gasteiger partial charge on any atom is -0.481 e. The van der Waals surface area contributed by atoms with Gasteiger partial charge < -0.3 is 20.8 Å². The van der Waals surface area contributed by atoms with Gasteiger partial charge in [-0.2, -0.15) is 0 Å². The number of fused-ring (bicyclic) bond motifs is 1. The number of carboxylic acids is 1. The molecular weight excluding hydrogens is 460 g/mol. The lowest BCUT2D eigenvalue weighted by molar-refractivity contribution is -0.136. The van der Waals surface area contributed by atoms with E-state index in [1.807, 2.05) is 30.3 Å². The van der Waals surface area contributed by atoms with E-state index in [4.69, 9.17) is 5.11 Å². The molecule has 0 unspecified atom stereocenters. The van der Waals surface area contributed by atoms with Crippen LogP contribution in [0.3, 0.4) is 0 Å². The highest BCUT2D eigenvalue weighted by molar-refractivity contribution is 5.67. The van der Waals surface area contributed by atoms with Crippen LogP contribution in [-0.4, -0.2) is 40.9 Å². The number of nitrogens with one attached hydrogen (secondary N) is 2. The maximum atomic E-state index is 10.8. The van der Waals surface area contributed by atoms with E-state index in [-0.39, 0.29) is 12.0 Å². The van der Waals surface area contributed by atoms with Gasteiger partial charge in [0.1, 0.15) is 0 Å². The molecule has 0 heterocycles. The van der Waals surface area contributed by atoms with Crippen molar-refractivity contribution in [1.29, 1.82) is 0 Å². The SMILES string of the molecule is CC(C)(CC1Cc2ccccc2C1)NC[C@@H](O)CNCc1cccc(-c2ccc(CCC(=O)O)cc2)c1. The molecule has 3 aromatic carbocycles. The Morgan fingerprint density at radius 3 is 2.30 bits per heavy atom. The molecule has 0 saturated heterocycles. The standard InChI is InChI=1S/C32H40N2O3/c1-32(2,19-25-17-28-7-3-4-8-29(28)18-25)34-22-30(35)21-33-20-24-6-5-9-27(16-24)26-13-10-23(11-14-26)12-15-31(36)37/h3-11,13-14,16,25,30,33-35H,12,15,17-22H2,1-2H3,(H,36,37)/t30-/m0/s1. The molecular formula is C32H40N2O3. The first-order chi connectivity index (χ1) is 17.8. The first kappa shape index (κ1) is 27.1. The van der Waals surface area contributed by atoms with Gasteiger partial charge in [0.25, 0.3) is 0 Å². The summed E-state index contributed by atoms with van der Waals surface area (Å²) in [4.78, 5) is 10.8. The van der Waals surface area contributed by atoms with E-state index >= 15 is 0 Å². The van der Waals surface area contributed by atoms with Crippen molar-refractivity contribution in [2.45, 2.75) is 64.1 Å². The maximum absolute atomic E-state index is 10.8. The molecule has 0 spiro atoms. The van der Waals surface area contributed by atoms with Gasteiger partial charge in [0.2, 0.25) is 0 Å². The smallest absolute Gasteiger partial charge is 0.303 e. The number of aliphatic carboxylic acids is 1. The lowest BCUT2D eigenvalue weighted by atomic mass is 9.88. The number of aliphatic hydroxyl groups is 1. The molecule has 5 heteroatoms. The van der Waals surface area contributed by atoms with Gasteiger partial charge in [-0.1, -0.05) is 66.7 Å². The quantitative estimate of drug-likeness (QED) is 0.266. The van der Waals surface area contributed by atoms with E-state index in [1.54, 1.807) is 0 Å². The van der Waals surface area contributed by atoms with E-state index in [1.165, 1.54) is 11.1 Å². The van der Waals surface area contributed by atoms with Crippen molar-refractivity contribution in [3.63, 3.8) is 0 Å². The second-order valence-corrected chi connectivity index (χ2v) is 11.1. The van der Waals surface area contributed by atoms with Crippen molar-refractivity contribution in [1.82, 2.24) is 10.6 Å². The van der Waals surface area contributed by atoms with Crippen LogP contribution < -0.4 is 10.6 Å². The number of rotatable bonds is 13. The van der Waals surface area contributed by atoms with Crippen molar-refractivity contribution in [3.8, 4) is 11.1 Å². The van der Waals surface area contributed by atoms with E-state index in [2.05, 4.69) is 66.9 Å². The summed E-state index contributed by atoms with van der Waals surface area (Å²) in [6.07, 6.45) is 3.63. The Bertz CT molecular complexity index is 1150. The third-order valence-corrected chi connectivity index (χ3v) is 7.30. The molecule has 0 fully saturated rings. The van der Waals surface area contributed by atoms with Gasteiger partial charge in [0, 0.05) is 31.6 Å². The van der Waals surface area contributed by atoms with Crippen LogP contribution in [0.2, 0.25) is 0 Å². The van der Waals surface area contributed by atoms with Crippen molar-refractivity contribution in [2.24, 2.45) is 5.92 Å². The Morgan fingerprint density at radius 2 is 1.62 bits per heavy atom. The largest absolute Gasteiger partial charge is 0.481 e. The Hall–Kier alpha value is -2.99. The van der Waals surface area contributed by atoms with Crippen LogP contribution in [0.15, 0.2) is 72.8 Å². The summed E-state index contributed by atoms with van der Waals surface area (Å²) in [5.74, 6) is -0.118. The molecule has 4 rings (SSSR count). The van der Waals surface area contributed by atoms with E-state index < -0.39 is 12.1 Å². The number of aryl methyl sites for hydroxylation is 1. The summed E-state index contributed by atoms with van der Waals surface area (Å²) in [5.41, 5.74) is 7.39. The van der Waals surface area contributed by atoms with Crippen molar-refractivity contribution in [2.75, 3.05) is 13.1 Å². The zero-order valence-electron chi connectivity index (χ0n) is 22.0. The predicted molar refractivity (Wildman–Crippen MR) is 150 cm³/mol. The number of aliphatic hydroxyl groups excluding tert-OH is 1. The molecule has 1 atom stereocenters. The molecule has 0 amide bonds. The van der Waals surface area contributed by atoms with Crippen molar-refractivity contribution >= 4 is 5.97 Å². The highest BCUT2D eigenvalue weighted by atomic mass is 16.4. The second kappa shape index (κ2) is 12.5. The van der Waals surface area contributed by atoms with Gasteiger partial charge in [-0.05, 0) is 84.9 Å². The van der Waals surface area contributed by atoms with Gasteiger partial charge in [-0.15, -0.1) is 0 Å². The molecule has 1 aliphatic rings. The number of hydrogen-bond acceptors (Lipinski definition) is 4. The van der Waals surface area contributed by atoms with Crippen molar-refractivity contribution < 1.29 is 15.0 Å². The summed E-state index contributed by atoms with van der Waals surface area (Å²) in [6, 6.07) is 25.2. The summed E-state index contributed by atoms with van der Waals surface area (Å²) in [6.45, 7) is 6.25. The number of carboxylic acid groups (broad SMARTS) is 1. The summed E-state index contributed by atoms with van der Waals surface area (Å²) in [7, 11) is 0. The first-order valence-electron chi connectivity index (χ1n) is 13.4. The Balaban J connectivity index is 1.19. The van der Waals surface area contributed by atoms with Gasteiger partial charge in [-0.3, -0.25) is 4.79 Å². The molecule has 0 saturated carbocycles. The van der Waals surface area contributed by atoms with Gasteiger partial charge in [-0.25, -0.2) is 0 Å². The van der Waals surface area contributed by atoms with Crippen LogP contribution in [0.5, 0.6) is 0 Å². The Morgan fingerprint density at radius 1 is 0.919 bits per heavy atom. The third-order valence-electron chi connectivity index (χ3n) is 7.30. The number of β-amino-alcohol motifs (C(OH)–C–C–N with tert-alkyl or cyclic N) is 1. The monoisotopic (exact) mass is 500 g/mol. The zero-order valence-corrected chi connectivity index (χ0v) is 22.0.